The largest absolute Gasteiger partial charge is 0.395 e. The Morgan fingerprint density at radius 2 is 2.00 bits per heavy atom. The molecule has 1 N–H and O–H groups in total. The Bertz CT molecular complexity index is 482. The molecular formula is C17H23NO2. The molecule has 0 aliphatic heterocycles. The van der Waals surface area contributed by atoms with Crippen LogP contribution in [0, 0.1) is 11.8 Å². The quantitative estimate of drug-likeness (QED) is 0.838. The molecule has 0 aliphatic carbocycles. The first-order valence-electron chi connectivity index (χ1n) is 7.07. The Kier molecular flexibility index (Phi) is 6.83. The highest BCUT2D eigenvalue weighted by molar-refractivity contribution is 5.94. The van der Waals surface area contributed by atoms with Crippen molar-refractivity contribution in [2.45, 2.75) is 39.2 Å². The van der Waals surface area contributed by atoms with Gasteiger partial charge >= 0.3 is 0 Å². The number of carbonyl (C=O) groups is 1. The Labute approximate surface area is 121 Å². The van der Waals surface area contributed by atoms with E-state index in [1.807, 2.05) is 19.2 Å². The maximum absolute atomic E-state index is 12.3. The van der Waals surface area contributed by atoms with Crippen molar-refractivity contribution in [3.8, 4) is 11.8 Å². The summed E-state index contributed by atoms with van der Waals surface area (Å²) < 4.78 is 0. The summed E-state index contributed by atoms with van der Waals surface area (Å²) in [7, 11) is 1.84. The molecule has 0 saturated carbocycles. The van der Waals surface area contributed by atoms with Gasteiger partial charge in [0.05, 0.1) is 6.61 Å². The number of carbonyl (C=O) groups excluding carboxylic acids is 1. The smallest absolute Gasteiger partial charge is 0.253 e. The van der Waals surface area contributed by atoms with Crippen molar-refractivity contribution in [2.75, 3.05) is 13.7 Å². The summed E-state index contributed by atoms with van der Waals surface area (Å²) in [5.41, 5.74) is 1.54. The number of hydrogen-bond acceptors (Lipinski definition) is 2. The second-order valence-electron chi connectivity index (χ2n) is 4.91. The molecule has 1 amide bonds. The molecule has 3 heteroatoms. The lowest BCUT2D eigenvalue weighted by atomic mass is 10.1. The highest BCUT2D eigenvalue weighted by Gasteiger charge is 2.16. The number of amides is 1. The highest BCUT2D eigenvalue weighted by Crippen LogP contribution is 2.11. The lowest BCUT2D eigenvalue weighted by Crippen LogP contribution is -2.34. The van der Waals surface area contributed by atoms with Crippen molar-refractivity contribution in [1.82, 2.24) is 4.90 Å². The molecule has 3 nitrogen and oxygen atoms in total. The molecule has 1 atom stereocenters. The molecule has 1 aromatic carbocycles. The van der Waals surface area contributed by atoms with E-state index in [1.165, 1.54) is 0 Å². The summed E-state index contributed by atoms with van der Waals surface area (Å²) in [6.07, 6.45) is 2.54. The lowest BCUT2D eigenvalue weighted by Gasteiger charge is -2.24. The number of aliphatic hydroxyl groups excluding tert-OH is 1. The van der Waals surface area contributed by atoms with Gasteiger partial charge in [0.1, 0.15) is 0 Å². The minimum atomic E-state index is 0.0424. The van der Waals surface area contributed by atoms with E-state index < -0.39 is 0 Å². The number of nitrogens with zero attached hydrogens (tertiary/aromatic N) is 1. The molecule has 0 aromatic heterocycles. The summed E-state index contributed by atoms with van der Waals surface area (Å²) in [4.78, 5) is 14.1. The SMILES string of the molecule is CCCC(C)N(C)C(=O)c1ccc(C#CCCO)cc1. The van der Waals surface area contributed by atoms with Crippen LogP contribution in [0.4, 0.5) is 0 Å². The minimum Gasteiger partial charge on any atom is -0.395 e. The second kappa shape index (κ2) is 8.39. The van der Waals surface area contributed by atoms with Gasteiger partial charge in [0.15, 0.2) is 0 Å². The van der Waals surface area contributed by atoms with Crippen molar-refractivity contribution in [3.63, 3.8) is 0 Å². The van der Waals surface area contributed by atoms with Gasteiger partial charge in [-0.3, -0.25) is 4.79 Å². The third-order valence-corrected chi connectivity index (χ3v) is 3.29. The van der Waals surface area contributed by atoms with Crippen LogP contribution in [0.5, 0.6) is 0 Å². The fourth-order valence-electron chi connectivity index (χ4n) is 1.93. The van der Waals surface area contributed by atoms with E-state index in [9.17, 15) is 4.79 Å². The third-order valence-electron chi connectivity index (χ3n) is 3.29. The summed E-state index contributed by atoms with van der Waals surface area (Å²) in [6.45, 7) is 4.26. The predicted octanol–water partition coefficient (Wildman–Crippen LogP) is 2.68. The Hall–Kier alpha value is -1.79. The van der Waals surface area contributed by atoms with Crippen LogP contribution in [0.15, 0.2) is 24.3 Å². The van der Waals surface area contributed by atoms with Gasteiger partial charge in [0.25, 0.3) is 5.91 Å². The van der Waals surface area contributed by atoms with Crippen molar-refractivity contribution in [3.05, 3.63) is 35.4 Å². The zero-order chi connectivity index (χ0) is 15.0. The summed E-state index contributed by atoms with van der Waals surface area (Å²) in [5, 5.41) is 8.67. The summed E-state index contributed by atoms with van der Waals surface area (Å²) in [5.74, 6) is 5.85. The normalized spacial score (nSPS) is 11.4. The highest BCUT2D eigenvalue weighted by atomic mass is 16.2. The Morgan fingerprint density at radius 3 is 2.55 bits per heavy atom. The van der Waals surface area contributed by atoms with E-state index in [-0.39, 0.29) is 18.6 Å². The van der Waals surface area contributed by atoms with Crippen molar-refractivity contribution >= 4 is 5.91 Å². The van der Waals surface area contributed by atoms with Gasteiger partial charge in [-0.1, -0.05) is 25.2 Å². The van der Waals surface area contributed by atoms with E-state index in [1.54, 1.807) is 17.0 Å². The van der Waals surface area contributed by atoms with Crippen LogP contribution in [0.2, 0.25) is 0 Å². The van der Waals surface area contributed by atoms with E-state index in [0.717, 1.165) is 18.4 Å². The Morgan fingerprint density at radius 1 is 1.35 bits per heavy atom. The summed E-state index contributed by atoms with van der Waals surface area (Å²) >= 11 is 0. The van der Waals surface area contributed by atoms with Gasteiger partial charge < -0.3 is 10.0 Å². The maximum Gasteiger partial charge on any atom is 0.253 e. The van der Waals surface area contributed by atoms with Crippen molar-refractivity contribution < 1.29 is 9.90 Å². The second-order valence-corrected chi connectivity index (χ2v) is 4.91. The number of benzene rings is 1. The predicted molar refractivity (Wildman–Crippen MR) is 81.5 cm³/mol. The molecule has 0 heterocycles. The first-order chi connectivity index (χ1) is 9.60. The number of hydrogen-bond donors (Lipinski definition) is 1. The molecule has 0 spiro atoms. The molecule has 1 rings (SSSR count). The zero-order valence-electron chi connectivity index (χ0n) is 12.5. The monoisotopic (exact) mass is 273 g/mol. The number of rotatable bonds is 5. The van der Waals surface area contributed by atoms with Crippen LogP contribution in [-0.4, -0.2) is 35.6 Å². The van der Waals surface area contributed by atoms with Gasteiger partial charge in [-0.15, -0.1) is 0 Å². The van der Waals surface area contributed by atoms with Crippen LogP contribution in [0.1, 0.15) is 49.0 Å². The maximum atomic E-state index is 12.3. The van der Waals surface area contributed by atoms with Gasteiger partial charge in [0.2, 0.25) is 0 Å². The molecule has 1 unspecified atom stereocenters. The summed E-state index contributed by atoms with van der Waals surface area (Å²) in [6, 6.07) is 7.55. The van der Waals surface area contributed by atoms with Gasteiger partial charge in [0, 0.05) is 30.6 Å². The molecule has 0 saturated heterocycles. The fraction of sp³-hybridized carbons (Fsp3) is 0.471. The zero-order valence-corrected chi connectivity index (χ0v) is 12.5. The molecular weight excluding hydrogens is 250 g/mol. The van der Waals surface area contributed by atoms with Gasteiger partial charge in [-0.05, 0) is 37.6 Å². The minimum absolute atomic E-state index is 0.0424. The molecule has 0 radical (unpaired) electrons. The number of aliphatic hydroxyl groups is 1. The topological polar surface area (TPSA) is 40.5 Å². The van der Waals surface area contributed by atoms with Gasteiger partial charge in [-0.2, -0.15) is 0 Å². The molecule has 0 fully saturated rings. The first-order valence-corrected chi connectivity index (χ1v) is 7.07. The molecule has 0 bridgehead atoms. The molecule has 1 aromatic rings. The van der Waals surface area contributed by atoms with Crippen molar-refractivity contribution in [2.24, 2.45) is 0 Å². The van der Waals surface area contributed by atoms with Gasteiger partial charge in [-0.25, -0.2) is 0 Å². The average molecular weight is 273 g/mol. The standard InChI is InChI=1S/C17H23NO2/c1-4-7-14(2)18(3)17(20)16-11-9-15(10-12-16)8-5-6-13-19/h9-12,14,19H,4,6-7,13H2,1-3H3. The van der Waals surface area contributed by atoms with Crippen LogP contribution in [0.3, 0.4) is 0 Å². The van der Waals surface area contributed by atoms with E-state index >= 15 is 0 Å². The lowest BCUT2D eigenvalue weighted by molar-refractivity contribution is 0.0737. The van der Waals surface area contributed by atoms with Crippen LogP contribution in [-0.2, 0) is 0 Å². The van der Waals surface area contributed by atoms with Crippen LogP contribution >= 0.6 is 0 Å². The van der Waals surface area contributed by atoms with E-state index in [0.29, 0.717) is 12.0 Å². The van der Waals surface area contributed by atoms with E-state index in [4.69, 9.17) is 5.11 Å². The first kappa shape index (κ1) is 16.3. The van der Waals surface area contributed by atoms with Crippen LogP contribution < -0.4 is 0 Å². The molecule has 0 aliphatic rings. The van der Waals surface area contributed by atoms with Crippen LogP contribution in [0.25, 0.3) is 0 Å². The average Bonchev–Trinajstić information content (AvgIpc) is 2.47. The molecule has 20 heavy (non-hydrogen) atoms. The fourth-order valence-corrected chi connectivity index (χ4v) is 1.93. The molecule has 108 valence electrons. The Balaban J connectivity index is 2.73. The van der Waals surface area contributed by atoms with E-state index in [2.05, 4.69) is 25.7 Å². The third kappa shape index (κ3) is 4.71. The van der Waals surface area contributed by atoms with Crippen molar-refractivity contribution in [1.29, 1.82) is 0 Å².